The number of anilines is 1. The van der Waals surface area contributed by atoms with Gasteiger partial charge >= 0.3 is 0 Å². The van der Waals surface area contributed by atoms with Crippen LogP contribution in [-0.2, 0) is 9.47 Å². The van der Waals surface area contributed by atoms with Gasteiger partial charge in [-0.1, -0.05) is 12.1 Å². The summed E-state index contributed by atoms with van der Waals surface area (Å²) < 4.78 is 43.5. The Kier molecular flexibility index (Phi) is 4.23. The molecule has 0 amide bonds. The summed E-state index contributed by atoms with van der Waals surface area (Å²) >= 11 is 0. The smallest absolute Gasteiger partial charge is 0.207 e. The molecule has 1 atom stereocenters. The van der Waals surface area contributed by atoms with Crippen molar-refractivity contribution < 1.29 is 27.9 Å². The summed E-state index contributed by atoms with van der Waals surface area (Å²) in [5.41, 5.74) is -0.322. The van der Waals surface area contributed by atoms with Crippen molar-refractivity contribution in [1.29, 1.82) is 0 Å². The van der Waals surface area contributed by atoms with Crippen molar-refractivity contribution in [1.82, 2.24) is 5.16 Å². The number of aliphatic hydroxyl groups excluding tert-OH is 1. The van der Waals surface area contributed by atoms with Crippen LogP contribution >= 0.6 is 0 Å². The van der Waals surface area contributed by atoms with E-state index in [0.29, 0.717) is 19.6 Å². The number of hydrogen-bond donors (Lipinski definition) is 2. The maximum absolute atomic E-state index is 14.1. The van der Waals surface area contributed by atoms with Crippen LogP contribution in [0.3, 0.4) is 0 Å². The molecular weight excluding hydrogens is 298 g/mol. The fourth-order valence-electron chi connectivity index (χ4n) is 2.23. The van der Waals surface area contributed by atoms with Gasteiger partial charge in [0.2, 0.25) is 11.4 Å². The van der Waals surface area contributed by atoms with Crippen LogP contribution in [0.2, 0.25) is 0 Å². The lowest BCUT2D eigenvalue weighted by Gasteiger charge is -2.11. The van der Waals surface area contributed by atoms with Gasteiger partial charge in [-0.2, -0.15) is 4.39 Å². The molecule has 1 aromatic carbocycles. The van der Waals surface area contributed by atoms with Gasteiger partial charge in [0.1, 0.15) is 0 Å². The summed E-state index contributed by atoms with van der Waals surface area (Å²) in [6.45, 7) is 2.69. The first-order chi connectivity index (χ1) is 10.6. The molecule has 1 saturated heterocycles. The van der Waals surface area contributed by atoms with Gasteiger partial charge in [0.05, 0.1) is 24.7 Å². The molecule has 0 saturated carbocycles. The highest BCUT2D eigenvalue weighted by Gasteiger charge is 2.28. The van der Waals surface area contributed by atoms with E-state index in [1.54, 1.807) is 0 Å². The van der Waals surface area contributed by atoms with Crippen molar-refractivity contribution in [3.63, 3.8) is 0 Å². The van der Waals surface area contributed by atoms with Crippen LogP contribution in [0, 0.1) is 11.6 Å². The molecule has 8 heteroatoms. The number of aliphatic hydroxyl groups is 1. The molecule has 1 aliphatic rings. The molecule has 2 heterocycles. The summed E-state index contributed by atoms with van der Waals surface area (Å²) in [6.07, 6.45) is -0.957. The van der Waals surface area contributed by atoms with Gasteiger partial charge in [0, 0.05) is 12.1 Å². The first-order valence-corrected chi connectivity index (χ1v) is 7.04. The summed E-state index contributed by atoms with van der Waals surface area (Å²) in [5.74, 6) is -1.97. The molecule has 3 rings (SSSR count). The van der Waals surface area contributed by atoms with Crippen molar-refractivity contribution in [2.45, 2.75) is 25.7 Å². The average Bonchev–Trinajstić information content (AvgIpc) is 3.17. The predicted molar refractivity (Wildman–Crippen MR) is 73.4 cm³/mol. The highest BCUT2D eigenvalue weighted by Crippen LogP contribution is 2.34. The van der Waals surface area contributed by atoms with E-state index >= 15 is 0 Å². The van der Waals surface area contributed by atoms with Crippen LogP contribution in [0.4, 0.5) is 14.6 Å². The van der Waals surface area contributed by atoms with Crippen LogP contribution in [0.25, 0.3) is 11.0 Å². The van der Waals surface area contributed by atoms with Gasteiger partial charge in [-0.3, -0.25) is 0 Å². The van der Waals surface area contributed by atoms with Gasteiger partial charge in [-0.05, 0) is 12.5 Å². The third-order valence-electron chi connectivity index (χ3n) is 3.53. The second-order valence-corrected chi connectivity index (χ2v) is 5.02. The van der Waals surface area contributed by atoms with Crippen LogP contribution in [0.15, 0.2) is 10.6 Å². The third kappa shape index (κ3) is 2.65. The second kappa shape index (κ2) is 6.15. The van der Waals surface area contributed by atoms with Crippen molar-refractivity contribution >= 4 is 16.8 Å². The number of nitrogens with one attached hydrogen (secondary N) is 1. The van der Waals surface area contributed by atoms with Crippen LogP contribution in [0.5, 0.6) is 0 Å². The normalized spacial score (nSPS) is 17.3. The quantitative estimate of drug-likeness (QED) is 0.882. The third-order valence-corrected chi connectivity index (χ3v) is 3.53. The molecule has 2 N–H and O–H groups in total. The Bertz CT molecular complexity index is 670. The van der Waals surface area contributed by atoms with Gasteiger partial charge < -0.3 is 24.4 Å². The number of ether oxygens (including phenoxy) is 2. The Hall–Kier alpha value is -1.77. The molecule has 22 heavy (non-hydrogen) atoms. The SMILES string of the molecule is CC[C@@H](O)CNc1noc2c(F)c(F)c(C3OCCO3)cc12. The van der Waals surface area contributed by atoms with Gasteiger partial charge in [0.25, 0.3) is 0 Å². The molecule has 120 valence electrons. The molecule has 0 spiro atoms. The number of benzene rings is 1. The molecule has 6 nitrogen and oxygen atoms in total. The largest absolute Gasteiger partial charge is 0.391 e. The lowest BCUT2D eigenvalue weighted by molar-refractivity contribution is -0.0467. The minimum Gasteiger partial charge on any atom is -0.391 e. The molecule has 1 aliphatic heterocycles. The highest BCUT2D eigenvalue weighted by atomic mass is 19.2. The van der Waals surface area contributed by atoms with E-state index in [9.17, 15) is 13.9 Å². The Labute approximate surface area is 125 Å². The predicted octanol–water partition coefficient (Wildman–Crippen LogP) is 2.33. The summed E-state index contributed by atoms with van der Waals surface area (Å²) in [6, 6.07) is 1.39. The van der Waals surface area contributed by atoms with E-state index in [0.717, 1.165) is 0 Å². The van der Waals surface area contributed by atoms with E-state index in [4.69, 9.17) is 14.0 Å². The van der Waals surface area contributed by atoms with Gasteiger partial charge in [-0.25, -0.2) is 4.39 Å². The molecule has 0 unspecified atom stereocenters. The number of halogens is 2. The molecular formula is C14H16F2N2O4. The Balaban J connectivity index is 1.98. The van der Waals surface area contributed by atoms with Crippen molar-refractivity contribution in [2.75, 3.05) is 25.1 Å². The van der Waals surface area contributed by atoms with E-state index in [1.807, 2.05) is 6.92 Å². The maximum atomic E-state index is 14.1. The lowest BCUT2D eigenvalue weighted by Crippen LogP contribution is -2.18. The fourth-order valence-corrected chi connectivity index (χ4v) is 2.23. The molecule has 0 bridgehead atoms. The summed E-state index contributed by atoms with van der Waals surface area (Å²) in [5, 5.41) is 16.4. The minimum atomic E-state index is -1.14. The first-order valence-electron chi connectivity index (χ1n) is 7.04. The standard InChI is InChI=1S/C14H16F2N2O4/c1-2-7(19)6-17-13-9-5-8(14-20-3-4-21-14)10(15)11(16)12(9)22-18-13/h5,7,14,19H,2-4,6H2,1H3,(H,17,18)/t7-/m1/s1. The number of fused-ring (bicyclic) bond motifs is 1. The Morgan fingerprint density at radius 3 is 2.77 bits per heavy atom. The van der Waals surface area contributed by atoms with Crippen molar-refractivity contribution in [3.8, 4) is 0 Å². The molecule has 2 aromatic rings. The van der Waals surface area contributed by atoms with Crippen LogP contribution in [0.1, 0.15) is 25.2 Å². The minimum absolute atomic E-state index is 0.0372. The zero-order chi connectivity index (χ0) is 15.7. The molecule has 1 aromatic heterocycles. The number of rotatable bonds is 5. The monoisotopic (exact) mass is 314 g/mol. The van der Waals surface area contributed by atoms with E-state index < -0.39 is 24.0 Å². The maximum Gasteiger partial charge on any atom is 0.207 e. The fraction of sp³-hybridized carbons (Fsp3) is 0.500. The Morgan fingerprint density at radius 2 is 2.09 bits per heavy atom. The topological polar surface area (TPSA) is 76.8 Å². The first kappa shape index (κ1) is 15.1. The average molecular weight is 314 g/mol. The van der Waals surface area contributed by atoms with Crippen molar-refractivity contribution in [3.05, 3.63) is 23.3 Å². The van der Waals surface area contributed by atoms with E-state index in [2.05, 4.69) is 10.5 Å². The molecule has 0 radical (unpaired) electrons. The van der Waals surface area contributed by atoms with Crippen LogP contribution < -0.4 is 5.32 Å². The molecule has 1 fully saturated rings. The lowest BCUT2D eigenvalue weighted by atomic mass is 10.1. The van der Waals surface area contributed by atoms with Crippen molar-refractivity contribution in [2.24, 2.45) is 0 Å². The van der Waals surface area contributed by atoms with E-state index in [1.165, 1.54) is 6.07 Å². The van der Waals surface area contributed by atoms with Gasteiger partial charge in [0.15, 0.2) is 17.9 Å². The zero-order valence-corrected chi connectivity index (χ0v) is 11.9. The van der Waals surface area contributed by atoms with Gasteiger partial charge in [-0.15, -0.1) is 0 Å². The highest BCUT2D eigenvalue weighted by molar-refractivity contribution is 5.89. The summed E-state index contributed by atoms with van der Waals surface area (Å²) in [4.78, 5) is 0. The summed E-state index contributed by atoms with van der Waals surface area (Å²) in [7, 11) is 0. The number of nitrogens with zero attached hydrogens (tertiary/aromatic N) is 1. The molecule has 0 aliphatic carbocycles. The van der Waals surface area contributed by atoms with Crippen LogP contribution in [-0.4, -0.2) is 36.1 Å². The number of aromatic nitrogens is 1. The second-order valence-electron chi connectivity index (χ2n) is 5.02. The number of hydrogen-bond acceptors (Lipinski definition) is 6. The Morgan fingerprint density at radius 1 is 1.36 bits per heavy atom. The van der Waals surface area contributed by atoms with E-state index in [-0.39, 0.29) is 28.9 Å². The zero-order valence-electron chi connectivity index (χ0n) is 11.9.